The molecule has 0 saturated heterocycles. The molecule has 32 heavy (non-hydrogen) atoms. The minimum atomic E-state index is -0.0728. The Hall–Kier alpha value is -2.62. The lowest BCUT2D eigenvalue weighted by Gasteiger charge is -2.38. The summed E-state index contributed by atoms with van der Waals surface area (Å²) in [5.41, 5.74) is 4.36. The van der Waals surface area contributed by atoms with Gasteiger partial charge in [0.05, 0.1) is 17.7 Å². The number of anilines is 1. The molecule has 1 aliphatic heterocycles. The summed E-state index contributed by atoms with van der Waals surface area (Å²) in [4.78, 5) is 0. The molecule has 3 unspecified atom stereocenters. The topological polar surface area (TPSA) is 41.5 Å². The molecule has 3 aromatic rings. The molecule has 2 N–H and O–H groups in total. The highest BCUT2D eigenvalue weighted by Crippen LogP contribution is 2.52. The van der Waals surface area contributed by atoms with Crippen LogP contribution < -0.4 is 10.1 Å². The maximum Gasteiger partial charge on any atom is 0.139 e. The summed E-state index contributed by atoms with van der Waals surface area (Å²) in [6.45, 7) is 0.683. The van der Waals surface area contributed by atoms with Gasteiger partial charge in [-0.15, -0.1) is 0 Å². The molecule has 3 nitrogen and oxygen atoms in total. The van der Waals surface area contributed by atoms with Crippen molar-refractivity contribution in [2.24, 2.45) is 5.92 Å². The van der Waals surface area contributed by atoms with Crippen LogP contribution in [0, 0.1) is 5.92 Å². The molecule has 5 rings (SSSR count). The van der Waals surface area contributed by atoms with Gasteiger partial charge in [0.25, 0.3) is 0 Å². The fraction of sp³-hybridized carbons (Fsp3) is 0.259. The highest BCUT2D eigenvalue weighted by molar-refractivity contribution is 6.35. The number of nitrogens with one attached hydrogen (secondary N) is 1. The van der Waals surface area contributed by atoms with Gasteiger partial charge in [0.1, 0.15) is 11.5 Å². The van der Waals surface area contributed by atoms with Crippen LogP contribution in [-0.4, -0.2) is 11.7 Å². The Kier molecular flexibility index (Phi) is 6.03. The SMILES string of the molecule is Oc1c(Cl)cc(Cl)cc1C1Nc2ccc(OCCCc3ccccc3)cc2C2C=CCC21. The summed E-state index contributed by atoms with van der Waals surface area (Å²) in [7, 11) is 0. The van der Waals surface area contributed by atoms with Crippen LogP contribution >= 0.6 is 23.2 Å². The molecule has 3 atom stereocenters. The van der Waals surface area contributed by atoms with Gasteiger partial charge in [-0.3, -0.25) is 0 Å². The second-order valence-electron chi connectivity index (χ2n) is 8.49. The smallest absolute Gasteiger partial charge is 0.139 e. The number of hydrogen-bond acceptors (Lipinski definition) is 3. The van der Waals surface area contributed by atoms with Gasteiger partial charge in [-0.1, -0.05) is 65.7 Å². The number of aromatic hydroxyl groups is 1. The van der Waals surface area contributed by atoms with E-state index in [2.05, 4.69) is 53.9 Å². The van der Waals surface area contributed by atoms with Gasteiger partial charge >= 0.3 is 0 Å². The number of rotatable bonds is 6. The molecule has 164 valence electrons. The van der Waals surface area contributed by atoms with Crippen LogP contribution in [0.2, 0.25) is 10.0 Å². The number of hydrogen-bond donors (Lipinski definition) is 2. The maximum atomic E-state index is 10.6. The van der Waals surface area contributed by atoms with Gasteiger partial charge in [-0.2, -0.15) is 0 Å². The zero-order valence-electron chi connectivity index (χ0n) is 17.6. The highest BCUT2D eigenvalue weighted by atomic mass is 35.5. The summed E-state index contributed by atoms with van der Waals surface area (Å²) >= 11 is 12.5. The summed E-state index contributed by atoms with van der Waals surface area (Å²) in [6.07, 6.45) is 7.39. The minimum Gasteiger partial charge on any atom is -0.506 e. The summed E-state index contributed by atoms with van der Waals surface area (Å²) in [5.74, 6) is 1.52. The van der Waals surface area contributed by atoms with Crippen molar-refractivity contribution in [3.63, 3.8) is 0 Å². The lowest BCUT2D eigenvalue weighted by molar-refractivity contribution is 0.310. The quantitative estimate of drug-likeness (QED) is 0.291. The zero-order chi connectivity index (χ0) is 22.1. The number of aryl methyl sites for hydroxylation is 1. The van der Waals surface area contributed by atoms with Crippen molar-refractivity contribution in [1.82, 2.24) is 0 Å². The number of phenolic OH excluding ortho intramolecular Hbond substituents is 1. The van der Waals surface area contributed by atoms with Gasteiger partial charge in [-0.05, 0) is 66.6 Å². The summed E-state index contributed by atoms with van der Waals surface area (Å²) in [6, 6.07) is 20.0. The number of allylic oxidation sites excluding steroid dienone is 2. The first kappa shape index (κ1) is 21.2. The molecule has 1 aliphatic carbocycles. The third-order valence-electron chi connectivity index (χ3n) is 6.45. The molecule has 0 fully saturated rings. The van der Waals surface area contributed by atoms with Crippen molar-refractivity contribution >= 4 is 28.9 Å². The normalized spacial score (nSPS) is 21.0. The predicted octanol–water partition coefficient (Wildman–Crippen LogP) is 7.54. The van der Waals surface area contributed by atoms with E-state index >= 15 is 0 Å². The first-order valence-corrected chi connectivity index (χ1v) is 11.8. The molecule has 3 aromatic carbocycles. The van der Waals surface area contributed by atoms with Gasteiger partial charge in [0.2, 0.25) is 0 Å². The lowest BCUT2D eigenvalue weighted by atomic mass is 9.77. The molecule has 0 bridgehead atoms. The van der Waals surface area contributed by atoms with E-state index in [0.717, 1.165) is 36.3 Å². The molecule has 0 saturated carbocycles. The van der Waals surface area contributed by atoms with Crippen LogP contribution in [0.1, 0.15) is 41.5 Å². The second kappa shape index (κ2) is 9.09. The Balaban J connectivity index is 1.33. The third-order valence-corrected chi connectivity index (χ3v) is 6.95. The van der Waals surface area contributed by atoms with Crippen LogP contribution in [-0.2, 0) is 6.42 Å². The van der Waals surface area contributed by atoms with E-state index < -0.39 is 0 Å². The fourth-order valence-electron chi connectivity index (χ4n) is 4.90. The van der Waals surface area contributed by atoms with Crippen LogP contribution in [0.25, 0.3) is 0 Å². The molecular weight excluding hydrogens is 441 g/mol. The van der Waals surface area contributed by atoms with E-state index in [-0.39, 0.29) is 28.6 Å². The van der Waals surface area contributed by atoms with E-state index in [1.54, 1.807) is 6.07 Å². The van der Waals surface area contributed by atoms with Crippen molar-refractivity contribution in [1.29, 1.82) is 0 Å². The van der Waals surface area contributed by atoms with Crippen molar-refractivity contribution in [2.75, 3.05) is 11.9 Å². The number of ether oxygens (including phenoxy) is 1. The van der Waals surface area contributed by atoms with Crippen molar-refractivity contribution in [3.8, 4) is 11.5 Å². The number of halogens is 2. The van der Waals surface area contributed by atoms with Crippen molar-refractivity contribution in [3.05, 3.63) is 99.6 Å². The first-order chi connectivity index (χ1) is 15.6. The van der Waals surface area contributed by atoms with Crippen LogP contribution in [0.5, 0.6) is 11.5 Å². The van der Waals surface area contributed by atoms with E-state index in [0.29, 0.717) is 11.6 Å². The van der Waals surface area contributed by atoms with Crippen molar-refractivity contribution < 1.29 is 9.84 Å². The molecule has 0 amide bonds. The number of phenols is 1. The van der Waals surface area contributed by atoms with Gasteiger partial charge in [0.15, 0.2) is 0 Å². The number of benzene rings is 3. The minimum absolute atomic E-state index is 0.0728. The van der Waals surface area contributed by atoms with Gasteiger partial charge in [0, 0.05) is 22.2 Å². The Labute approximate surface area is 198 Å². The third kappa shape index (κ3) is 4.20. The van der Waals surface area contributed by atoms with E-state index in [9.17, 15) is 5.11 Å². The maximum absolute atomic E-state index is 10.6. The zero-order valence-corrected chi connectivity index (χ0v) is 19.1. The largest absolute Gasteiger partial charge is 0.506 e. The first-order valence-electron chi connectivity index (χ1n) is 11.0. The van der Waals surface area contributed by atoms with Crippen molar-refractivity contribution in [2.45, 2.75) is 31.2 Å². The Bertz CT molecular complexity index is 1150. The molecule has 0 aromatic heterocycles. The predicted molar refractivity (Wildman–Crippen MR) is 131 cm³/mol. The summed E-state index contributed by atoms with van der Waals surface area (Å²) in [5, 5.41) is 15.0. The molecular formula is C27H25Cl2NO2. The Morgan fingerprint density at radius 1 is 1.00 bits per heavy atom. The molecule has 2 aliphatic rings. The van der Waals surface area contributed by atoms with Gasteiger partial charge < -0.3 is 15.2 Å². The number of fused-ring (bicyclic) bond motifs is 3. The fourth-order valence-corrected chi connectivity index (χ4v) is 5.41. The monoisotopic (exact) mass is 465 g/mol. The standard InChI is InChI=1S/C27H25Cl2NO2/c28-18-14-23(27(31)24(29)15-18)26-21-10-4-9-20(21)22-16-19(11-12-25(22)30-26)32-13-5-8-17-6-2-1-3-7-17/h1-4,6-7,9,11-12,14-16,20-21,26,30-31H,5,8,10,13H2. The van der Waals surface area contributed by atoms with Gasteiger partial charge in [-0.25, -0.2) is 0 Å². The molecule has 1 heterocycles. The van der Waals surface area contributed by atoms with Crippen LogP contribution in [0.3, 0.4) is 0 Å². The average Bonchev–Trinajstić information content (AvgIpc) is 3.30. The average molecular weight is 466 g/mol. The van der Waals surface area contributed by atoms with E-state index in [1.165, 1.54) is 11.1 Å². The molecule has 0 radical (unpaired) electrons. The summed E-state index contributed by atoms with van der Waals surface area (Å²) < 4.78 is 6.08. The molecule has 0 spiro atoms. The Morgan fingerprint density at radius 3 is 2.69 bits per heavy atom. The van der Waals surface area contributed by atoms with E-state index in [4.69, 9.17) is 27.9 Å². The highest BCUT2D eigenvalue weighted by Gasteiger charge is 2.39. The Morgan fingerprint density at radius 2 is 1.84 bits per heavy atom. The lowest BCUT2D eigenvalue weighted by Crippen LogP contribution is -2.29. The van der Waals surface area contributed by atoms with Crippen LogP contribution in [0.15, 0.2) is 72.8 Å². The second-order valence-corrected chi connectivity index (χ2v) is 9.33. The van der Waals surface area contributed by atoms with Crippen LogP contribution in [0.4, 0.5) is 5.69 Å². The molecule has 5 heteroatoms. The van der Waals surface area contributed by atoms with E-state index in [1.807, 2.05) is 18.2 Å².